The van der Waals surface area contributed by atoms with E-state index >= 15 is 0 Å². The van der Waals surface area contributed by atoms with Crippen molar-refractivity contribution in [2.45, 2.75) is 33.8 Å². The van der Waals surface area contributed by atoms with Gasteiger partial charge in [-0.2, -0.15) is 0 Å². The van der Waals surface area contributed by atoms with Gasteiger partial charge in [-0.3, -0.25) is 19.2 Å². The van der Waals surface area contributed by atoms with Gasteiger partial charge in [0, 0.05) is 90.4 Å². The van der Waals surface area contributed by atoms with Crippen LogP contribution >= 0.6 is 0 Å². The third kappa shape index (κ3) is 22.4. The van der Waals surface area contributed by atoms with Crippen LogP contribution in [0.5, 0.6) is 0 Å². The molecule has 6 nitrogen and oxygen atoms in total. The van der Waals surface area contributed by atoms with E-state index in [-0.39, 0.29) is 95.9 Å². The van der Waals surface area contributed by atoms with Gasteiger partial charge in [0.2, 0.25) is 0 Å². The van der Waals surface area contributed by atoms with Crippen LogP contribution in [0.25, 0.3) is 0 Å². The predicted octanol–water partition coefficient (Wildman–Crippen LogP) is -0.336. The molecule has 100 valence electrons. The number of ketones is 3. The molecule has 0 bridgehead atoms. The van der Waals surface area contributed by atoms with Crippen LogP contribution in [0.2, 0.25) is 0 Å². The van der Waals surface area contributed by atoms with E-state index < -0.39 is 23.6 Å². The van der Waals surface area contributed by atoms with Gasteiger partial charge in [-0.25, -0.2) is 0 Å². The zero-order valence-electron chi connectivity index (χ0n) is 10.8. The minimum Gasteiger partial charge on any atom is -0.458 e. The fourth-order valence-electron chi connectivity index (χ4n) is 0.490. The van der Waals surface area contributed by atoms with Crippen molar-refractivity contribution >= 4 is 23.3 Å². The van der Waals surface area contributed by atoms with E-state index in [1.165, 1.54) is 27.7 Å². The molecule has 0 aliphatic rings. The largest absolute Gasteiger partial charge is 0.458 e. The molecular formula is C10H16Ce2O6. The van der Waals surface area contributed by atoms with Crippen molar-refractivity contribution in [1.29, 1.82) is 0 Å². The molecule has 0 rings (SSSR count). The maximum atomic E-state index is 10.1. The molecule has 0 spiro atoms. The number of aliphatic hydroxyl groups excluding tert-OH is 1. The molecule has 0 heterocycles. The summed E-state index contributed by atoms with van der Waals surface area (Å²) in [5.41, 5.74) is 0. The van der Waals surface area contributed by atoms with Gasteiger partial charge >= 0.3 is 5.97 Å². The molecule has 0 unspecified atom stereocenters. The van der Waals surface area contributed by atoms with E-state index in [4.69, 9.17) is 5.11 Å². The normalized spacial score (nSPS) is 7.89. The third-order valence-electron chi connectivity index (χ3n) is 1.25. The molecule has 0 saturated carbocycles. The zero-order chi connectivity index (χ0) is 13.3. The Kier molecular flexibility index (Phi) is 24.8. The van der Waals surface area contributed by atoms with Gasteiger partial charge in [-0.05, 0) is 20.8 Å². The maximum absolute atomic E-state index is 10.1. The molecule has 0 atom stereocenters. The van der Waals surface area contributed by atoms with Crippen molar-refractivity contribution in [3.8, 4) is 0 Å². The zero-order valence-corrected chi connectivity index (χ0v) is 17.1. The first kappa shape index (κ1) is 27.5. The molecule has 18 heavy (non-hydrogen) atoms. The van der Waals surface area contributed by atoms with Gasteiger partial charge in [-0.1, -0.05) is 0 Å². The fourth-order valence-corrected chi connectivity index (χ4v) is 0.490. The Labute approximate surface area is 173 Å². The summed E-state index contributed by atoms with van der Waals surface area (Å²) < 4.78 is 4.31. The van der Waals surface area contributed by atoms with Crippen LogP contribution in [-0.4, -0.2) is 41.1 Å². The smallest absolute Gasteiger partial charge is 0.303 e. The Morgan fingerprint density at radius 1 is 0.944 bits per heavy atom. The van der Waals surface area contributed by atoms with Crippen LogP contribution in [0.15, 0.2) is 0 Å². The number of hydrogen-bond acceptors (Lipinski definition) is 6. The number of ether oxygens (including phenoxy) is 1. The van der Waals surface area contributed by atoms with Gasteiger partial charge in [-0.15, -0.1) is 0 Å². The molecule has 1 N–H and O–H groups in total. The Morgan fingerprint density at radius 3 is 1.33 bits per heavy atom. The Hall–Kier alpha value is 1.19. The summed E-state index contributed by atoms with van der Waals surface area (Å²) in [5.74, 6) is -1.56. The molecule has 0 aromatic rings. The first-order valence-corrected chi connectivity index (χ1v) is 4.50. The van der Waals surface area contributed by atoms with Crippen molar-refractivity contribution in [2.75, 3.05) is 6.61 Å². The Balaban J connectivity index is -0.0000000980. The molecule has 0 saturated heterocycles. The van der Waals surface area contributed by atoms with E-state index in [1.807, 2.05) is 0 Å². The standard InChI is InChI=1S/2C5H8O3.2Ce/c1-4(6)3-8-5(2)7;1-3(6)5(8)4(2)7;;/h3H2,1-2H3;5,8H,1-2H3;;. The summed E-state index contributed by atoms with van der Waals surface area (Å²) in [4.78, 5) is 40.3. The van der Waals surface area contributed by atoms with Gasteiger partial charge in [0.25, 0.3) is 0 Å². The number of hydrogen-bond donors (Lipinski definition) is 1. The van der Waals surface area contributed by atoms with Crippen LogP contribution in [0.1, 0.15) is 27.7 Å². The molecule has 0 radical (unpaired) electrons. The molecule has 8 heteroatoms. The van der Waals surface area contributed by atoms with Gasteiger partial charge in [0.1, 0.15) is 6.61 Å². The second-order valence-electron chi connectivity index (χ2n) is 3.11. The topological polar surface area (TPSA) is 97.7 Å². The molecule has 0 aromatic heterocycles. The average molecular weight is 512 g/mol. The number of esters is 1. The maximum Gasteiger partial charge on any atom is 0.303 e. The van der Waals surface area contributed by atoms with Gasteiger partial charge in [0.05, 0.1) is 0 Å². The van der Waals surface area contributed by atoms with E-state index in [0.717, 1.165) is 0 Å². The van der Waals surface area contributed by atoms with Crippen LogP contribution < -0.4 is 0 Å². The summed E-state index contributed by atoms with van der Waals surface area (Å²) in [6.07, 6.45) is -1.41. The number of carbonyl (C=O) groups excluding carboxylic acids is 4. The second-order valence-corrected chi connectivity index (χ2v) is 3.11. The van der Waals surface area contributed by atoms with E-state index in [2.05, 4.69) is 4.74 Å². The average Bonchev–Trinajstić information content (AvgIpc) is 2.14. The summed E-state index contributed by atoms with van der Waals surface area (Å²) in [6, 6.07) is 0. The number of aliphatic hydroxyl groups is 1. The third-order valence-corrected chi connectivity index (χ3v) is 1.25. The van der Waals surface area contributed by atoms with Crippen molar-refractivity contribution < 1.29 is 113 Å². The molecular weight excluding hydrogens is 496 g/mol. The monoisotopic (exact) mass is 512 g/mol. The van der Waals surface area contributed by atoms with Crippen molar-refractivity contribution in [2.24, 2.45) is 0 Å². The van der Waals surface area contributed by atoms with Crippen LogP contribution in [0.4, 0.5) is 0 Å². The minimum absolute atomic E-state index is 0. The molecule has 0 amide bonds. The first-order chi connectivity index (χ1) is 7.18. The van der Waals surface area contributed by atoms with Crippen LogP contribution in [0, 0.1) is 83.5 Å². The quantitative estimate of drug-likeness (QED) is 0.409. The van der Waals surface area contributed by atoms with Crippen molar-refractivity contribution in [1.82, 2.24) is 0 Å². The summed E-state index contributed by atoms with van der Waals surface area (Å²) in [6.45, 7) is 4.87. The Morgan fingerprint density at radius 2 is 1.28 bits per heavy atom. The second kappa shape index (κ2) is 16.2. The minimum atomic E-state index is -1.41. The fraction of sp³-hybridized carbons (Fsp3) is 0.600. The van der Waals surface area contributed by atoms with Gasteiger partial charge < -0.3 is 9.84 Å². The van der Waals surface area contributed by atoms with E-state index in [9.17, 15) is 19.2 Å². The number of rotatable bonds is 4. The SMILES string of the molecule is CC(=O)C(O)C(C)=O.CC(=O)COC(C)=O.[Ce].[Ce]. The van der Waals surface area contributed by atoms with E-state index in [1.54, 1.807) is 0 Å². The molecule has 0 aliphatic heterocycles. The summed E-state index contributed by atoms with van der Waals surface area (Å²) in [7, 11) is 0. The molecule has 0 fully saturated rings. The summed E-state index contributed by atoms with van der Waals surface area (Å²) in [5, 5.41) is 8.50. The number of Topliss-reactive ketones (excluding diaryl/α,β-unsaturated/α-hetero) is 3. The molecule has 0 aliphatic carbocycles. The first-order valence-electron chi connectivity index (χ1n) is 4.50. The molecule has 0 aromatic carbocycles. The van der Waals surface area contributed by atoms with Gasteiger partial charge in [0.15, 0.2) is 23.5 Å². The predicted molar refractivity (Wildman–Crippen MR) is 54.7 cm³/mol. The van der Waals surface area contributed by atoms with Crippen molar-refractivity contribution in [3.63, 3.8) is 0 Å². The van der Waals surface area contributed by atoms with Crippen molar-refractivity contribution in [3.05, 3.63) is 0 Å². The van der Waals surface area contributed by atoms with Crippen LogP contribution in [-0.2, 0) is 23.9 Å². The van der Waals surface area contributed by atoms with E-state index in [0.29, 0.717) is 0 Å². The summed E-state index contributed by atoms with van der Waals surface area (Å²) >= 11 is 0. The van der Waals surface area contributed by atoms with Crippen LogP contribution in [0.3, 0.4) is 0 Å². The Bertz CT molecular complexity index is 262. The number of carbonyl (C=O) groups is 4.